The van der Waals surface area contributed by atoms with Crippen LogP contribution in [-0.2, 0) is 4.74 Å². The predicted molar refractivity (Wildman–Crippen MR) is 53.8 cm³/mol. The first-order valence-electron chi connectivity index (χ1n) is 4.99. The van der Waals surface area contributed by atoms with Crippen molar-refractivity contribution in [2.45, 2.75) is 19.3 Å². The van der Waals surface area contributed by atoms with E-state index in [1.165, 1.54) is 12.0 Å². The zero-order valence-corrected chi connectivity index (χ0v) is 8.07. The normalized spacial score (nSPS) is 28.7. The molecule has 1 saturated heterocycles. The molecule has 2 rings (SSSR count). The van der Waals surface area contributed by atoms with E-state index in [1.807, 2.05) is 0 Å². The molecule has 0 spiro atoms. The molecule has 1 heteroatoms. The summed E-state index contributed by atoms with van der Waals surface area (Å²) in [7, 11) is 0. The molecule has 0 radical (unpaired) electrons. The molecule has 0 N–H and O–H groups in total. The van der Waals surface area contributed by atoms with Crippen molar-refractivity contribution in [3.8, 4) is 0 Å². The van der Waals surface area contributed by atoms with Gasteiger partial charge in [-0.15, -0.1) is 0 Å². The molecule has 1 heterocycles. The van der Waals surface area contributed by atoms with E-state index in [2.05, 4.69) is 37.3 Å². The van der Waals surface area contributed by atoms with Crippen molar-refractivity contribution in [3.05, 3.63) is 35.9 Å². The van der Waals surface area contributed by atoms with E-state index in [1.54, 1.807) is 0 Å². The molecule has 1 aromatic rings. The molecule has 0 aliphatic carbocycles. The third-order valence-electron chi connectivity index (χ3n) is 2.68. The van der Waals surface area contributed by atoms with Gasteiger partial charge in [0, 0.05) is 12.5 Å². The maximum Gasteiger partial charge on any atom is 0.0534 e. The van der Waals surface area contributed by atoms with Gasteiger partial charge in [-0.2, -0.15) is 0 Å². The van der Waals surface area contributed by atoms with Crippen LogP contribution in [0.3, 0.4) is 0 Å². The van der Waals surface area contributed by atoms with Crippen molar-refractivity contribution >= 4 is 0 Å². The van der Waals surface area contributed by atoms with Crippen LogP contribution in [0.25, 0.3) is 0 Å². The molecule has 0 amide bonds. The van der Waals surface area contributed by atoms with Crippen LogP contribution in [0.4, 0.5) is 0 Å². The SMILES string of the molecule is C[C@@H]1COC[C@H](c2ccccc2)C1. The Labute approximate surface area is 79.7 Å². The average Bonchev–Trinajstić information content (AvgIpc) is 2.19. The van der Waals surface area contributed by atoms with Gasteiger partial charge in [0.15, 0.2) is 0 Å². The van der Waals surface area contributed by atoms with E-state index in [-0.39, 0.29) is 0 Å². The minimum Gasteiger partial charge on any atom is -0.381 e. The summed E-state index contributed by atoms with van der Waals surface area (Å²) in [6.45, 7) is 4.09. The van der Waals surface area contributed by atoms with Gasteiger partial charge in [-0.3, -0.25) is 0 Å². The fourth-order valence-electron chi connectivity index (χ4n) is 1.99. The largest absolute Gasteiger partial charge is 0.381 e. The molecule has 0 unspecified atom stereocenters. The summed E-state index contributed by atoms with van der Waals surface area (Å²) >= 11 is 0. The van der Waals surface area contributed by atoms with Crippen LogP contribution in [0, 0.1) is 5.92 Å². The van der Waals surface area contributed by atoms with Crippen molar-refractivity contribution in [2.75, 3.05) is 13.2 Å². The Hall–Kier alpha value is -0.820. The zero-order chi connectivity index (χ0) is 9.10. The quantitative estimate of drug-likeness (QED) is 0.639. The van der Waals surface area contributed by atoms with Gasteiger partial charge in [0.25, 0.3) is 0 Å². The Kier molecular flexibility index (Phi) is 2.65. The van der Waals surface area contributed by atoms with E-state index < -0.39 is 0 Å². The zero-order valence-electron chi connectivity index (χ0n) is 8.07. The molecule has 1 aliphatic rings. The Morgan fingerprint density at radius 2 is 1.92 bits per heavy atom. The molecule has 1 aliphatic heterocycles. The summed E-state index contributed by atoms with van der Waals surface area (Å²) in [5.41, 5.74) is 1.43. The first kappa shape index (κ1) is 8.76. The highest BCUT2D eigenvalue weighted by Gasteiger charge is 2.20. The fraction of sp³-hybridized carbons (Fsp3) is 0.500. The van der Waals surface area contributed by atoms with Crippen LogP contribution in [0.5, 0.6) is 0 Å². The third-order valence-corrected chi connectivity index (χ3v) is 2.68. The lowest BCUT2D eigenvalue weighted by molar-refractivity contribution is 0.0457. The van der Waals surface area contributed by atoms with Crippen LogP contribution in [0.1, 0.15) is 24.8 Å². The van der Waals surface area contributed by atoms with Gasteiger partial charge < -0.3 is 4.74 Å². The van der Waals surface area contributed by atoms with Crippen molar-refractivity contribution in [1.29, 1.82) is 0 Å². The Morgan fingerprint density at radius 1 is 1.15 bits per heavy atom. The first-order chi connectivity index (χ1) is 6.36. The smallest absolute Gasteiger partial charge is 0.0534 e. The van der Waals surface area contributed by atoms with Crippen molar-refractivity contribution in [3.63, 3.8) is 0 Å². The first-order valence-corrected chi connectivity index (χ1v) is 4.99. The van der Waals surface area contributed by atoms with Crippen LogP contribution >= 0.6 is 0 Å². The Morgan fingerprint density at radius 3 is 2.62 bits per heavy atom. The van der Waals surface area contributed by atoms with Crippen LogP contribution in [0.2, 0.25) is 0 Å². The Balaban J connectivity index is 2.08. The molecular weight excluding hydrogens is 160 g/mol. The second-order valence-electron chi connectivity index (χ2n) is 3.99. The van der Waals surface area contributed by atoms with E-state index in [0.717, 1.165) is 13.2 Å². The minimum absolute atomic E-state index is 0.616. The topological polar surface area (TPSA) is 9.23 Å². The molecule has 2 atom stereocenters. The molecule has 0 bridgehead atoms. The van der Waals surface area contributed by atoms with Crippen molar-refractivity contribution < 1.29 is 4.74 Å². The molecule has 0 aromatic heterocycles. The van der Waals surface area contributed by atoms with Gasteiger partial charge in [-0.05, 0) is 17.9 Å². The van der Waals surface area contributed by atoms with E-state index >= 15 is 0 Å². The standard InChI is InChI=1S/C12H16O/c1-10-7-12(9-13-8-10)11-5-3-2-4-6-11/h2-6,10,12H,7-9H2,1H3/t10-,12+/m0/s1. The maximum absolute atomic E-state index is 5.55. The average molecular weight is 176 g/mol. The van der Waals surface area contributed by atoms with Crippen LogP contribution in [-0.4, -0.2) is 13.2 Å². The Bertz CT molecular complexity index is 255. The van der Waals surface area contributed by atoms with E-state index in [9.17, 15) is 0 Å². The summed E-state index contributed by atoms with van der Waals surface area (Å²) in [4.78, 5) is 0. The molecule has 70 valence electrons. The van der Waals surface area contributed by atoms with Crippen LogP contribution in [0.15, 0.2) is 30.3 Å². The number of benzene rings is 1. The van der Waals surface area contributed by atoms with Crippen molar-refractivity contribution in [2.24, 2.45) is 5.92 Å². The number of hydrogen-bond donors (Lipinski definition) is 0. The lowest BCUT2D eigenvalue weighted by atomic mass is 9.89. The van der Waals surface area contributed by atoms with Gasteiger partial charge >= 0.3 is 0 Å². The highest BCUT2D eigenvalue weighted by Crippen LogP contribution is 2.27. The summed E-state index contributed by atoms with van der Waals surface area (Å²) in [6.07, 6.45) is 1.27. The molecule has 1 nitrogen and oxygen atoms in total. The number of ether oxygens (including phenoxy) is 1. The maximum atomic E-state index is 5.55. The van der Waals surface area contributed by atoms with Crippen LogP contribution < -0.4 is 0 Å². The highest BCUT2D eigenvalue weighted by atomic mass is 16.5. The third kappa shape index (κ3) is 2.10. The highest BCUT2D eigenvalue weighted by molar-refractivity contribution is 5.19. The van der Waals surface area contributed by atoms with E-state index in [4.69, 9.17) is 4.74 Å². The number of hydrogen-bond acceptors (Lipinski definition) is 1. The summed E-state index contributed by atoms with van der Waals surface area (Å²) in [5.74, 6) is 1.32. The monoisotopic (exact) mass is 176 g/mol. The molecular formula is C12H16O. The lowest BCUT2D eigenvalue weighted by Crippen LogP contribution is -2.22. The summed E-state index contributed by atoms with van der Waals surface area (Å²) in [5, 5.41) is 0. The molecule has 0 saturated carbocycles. The van der Waals surface area contributed by atoms with Gasteiger partial charge in [0.05, 0.1) is 6.61 Å². The number of rotatable bonds is 1. The van der Waals surface area contributed by atoms with Gasteiger partial charge in [0.1, 0.15) is 0 Å². The van der Waals surface area contributed by atoms with Gasteiger partial charge in [0.2, 0.25) is 0 Å². The summed E-state index contributed by atoms with van der Waals surface area (Å²) in [6, 6.07) is 10.7. The van der Waals surface area contributed by atoms with Crippen molar-refractivity contribution in [1.82, 2.24) is 0 Å². The second-order valence-corrected chi connectivity index (χ2v) is 3.99. The van der Waals surface area contributed by atoms with E-state index in [0.29, 0.717) is 11.8 Å². The summed E-state index contributed by atoms with van der Waals surface area (Å²) < 4.78 is 5.55. The van der Waals surface area contributed by atoms with Gasteiger partial charge in [-0.25, -0.2) is 0 Å². The fourth-order valence-corrected chi connectivity index (χ4v) is 1.99. The lowest BCUT2D eigenvalue weighted by Gasteiger charge is -2.27. The second kappa shape index (κ2) is 3.93. The molecule has 13 heavy (non-hydrogen) atoms. The minimum atomic E-state index is 0.616. The predicted octanol–water partition coefficient (Wildman–Crippen LogP) is 2.83. The molecule has 1 aromatic carbocycles. The van der Waals surface area contributed by atoms with Gasteiger partial charge in [-0.1, -0.05) is 37.3 Å². The molecule has 1 fully saturated rings.